The van der Waals surface area contributed by atoms with Gasteiger partial charge in [0.1, 0.15) is 0 Å². The van der Waals surface area contributed by atoms with Gasteiger partial charge in [-0.3, -0.25) is 9.52 Å². The number of sulfonamides is 1. The van der Waals surface area contributed by atoms with Crippen LogP contribution in [0.15, 0.2) is 47.4 Å². The maximum atomic E-state index is 12.7. The van der Waals surface area contributed by atoms with Crippen molar-refractivity contribution in [3.63, 3.8) is 0 Å². The van der Waals surface area contributed by atoms with Crippen LogP contribution in [-0.2, 0) is 10.0 Å². The van der Waals surface area contributed by atoms with Gasteiger partial charge in [0.15, 0.2) is 0 Å². The summed E-state index contributed by atoms with van der Waals surface area (Å²) < 4.78 is 28.0. The molecule has 3 rings (SSSR count). The zero-order valence-corrected chi connectivity index (χ0v) is 15.2. The van der Waals surface area contributed by atoms with E-state index >= 15 is 0 Å². The molecule has 0 saturated heterocycles. The number of aryl methyl sites for hydroxylation is 2. The molecule has 6 heteroatoms. The number of hydrogen-bond acceptors (Lipinski definition) is 3. The van der Waals surface area contributed by atoms with Crippen LogP contribution in [0.5, 0.6) is 0 Å². The van der Waals surface area contributed by atoms with Crippen molar-refractivity contribution >= 4 is 21.6 Å². The fraction of sp³-hybridized carbons (Fsp3) is 0.316. The van der Waals surface area contributed by atoms with Crippen LogP contribution in [0.1, 0.15) is 34.3 Å². The van der Waals surface area contributed by atoms with E-state index in [1.54, 1.807) is 31.2 Å². The number of carbonyl (C=O) groups is 1. The molecule has 0 atom stereocenters. The van der Waals surface area contributed by atoms with Crippen LogP contribution >= 0.6 is 0 Å². The maximum absolute atomic E-state index is 12.7. The van der Waals surface area contributed by atoms with Gasteiger partial charge in [-0.2, -0.15) is 0 Å². The molecule has 0 spiro atoms. The lowest BCUT2D eigenvalue weighted by Gasteiger charge is -2.12. The Morgan fingerprint density at radius 2 is 1.76 bits per heavy atom. The van der Waals surface area contributed by atoms with Crippen LogP contribution in [-0.4, -0.2) is 20.9 Å². The van der Waals surface area contributed by atoms with Crippen LogP contribution in [0.4, 0.5) is 5.69 Å². The largest absolute Gasteiger partial charge is 0.352 e. The molecule has 1 aliphatic carbocycles. The number of rotatable bonds is 6. The van der Waals surface area contributed by atoms with Gasteiger partial charge >= 0.3 is 0 Å². The second-order valence-corrected chi connectivity index (χ2v) is 8.26. The van der Waals surface area contributed by atoms with E-state index in [2.05, 4.69) is 10.0 Å². The summed E-state index contributed by atoms with van der Waals surface area (Å²) in [6.45, 7) is 4.30. The van der Waals surface area contributed by atoms with Crippen molar-refractivity contribution < 1.29 is 13.2 Å². The molecule has 25 heavy (non-hydrogen) atoms. The molecule has 0 unspecified atom stereocenters. The molecule has 1 saturated carbocycles. The first-order chi connectivity index (χ1) is 11.8. The van der Waals surface area contributed by atoms with Gasteiger partial charge in [-0.1, -0.05) is 23.8 Å². The third kappa shape index (κ3) is 4.39. The number of anilines is 1. The highest BCUT2D eigenvalue weighted by Gasteiger charge is 2.23. The molecule has 2 aromatic carbocycles. The summed E-state index contributed by atoms with van der Waals surface area (Å²) in [7, 11) is -3.76. The van der Waals surface area contributed by atoms with E-state index in [0.29, 0.717) is 29.3 Å². The maximum Gasteiger partial charge on any atom is 0.262 e. The van der Waals surface area contributed by atoms with E-state index in [0.717, 1.165) is 18.4 Å². The van der Waals surface area contributed by atoms with E-state index in [9.17, 15) is 13.2 Å². The summed E-state index contributed by atoms with van der Waals surface area (Å²) in [6.07, 6.45) is 2.29. The van der Waals surface area contributed by atoms with Crippen molar-refractivity contribution in [3.8, 4) is 0 Å². The summed E-state index contributed by atoms with van der Waals surface area (Å²) in [5, 5.41) is 2.86. The first kappa shape index (κ1) is 17.5. The second-order valence-electron chi connectivity index (χ2n) is 6.61. The Morgan fingerprint density at radius 1 is 1.08 bits per heavy atom. The van der Waals surface area contributed by atoms with E-state index in [4.69, 9.17) is 0 Å². The summed E-state index contributed by atoms with van der Waals surface area (Å²) in [4.78, 5) is 12.4. The van der Waals surface area contributed by atoms with E-state index in [1.807, 2.05) is 19.1 Å². The van der Waals surface area contributed by atoms with Gasteiger partial charge in [0.2, 0.25) is 0 Å². The lowest BCUT2D eigenvalue weighted by Crippen LogP contribution is -2.26. The topological polar surface area (TPSA) is 75.3 Å². The summed E-state index contributed by atoms with van der Waals surface area (Å²) >= 11 is 0. The number of benzene rings is 2. The minimum Gasteiger partial charge on any atom is -0.352 e. The Kier molecular flexibility index (Phi) is 4.81. The SMILES string of the molecule is Cc1ccc(NS(=O)(=O)c2cc(C(=O)NCC3CC3)ccc2C)cc1. The fourth-order valence-electron chi connectivity index (χ4n) is 2.52. The highest BCUT2D eigenvalue weighted by Crippen LogP contribution is 2.27. The zero-order valence-electron chi connectivity index (χ0n) is 14.4. The van der Waals surface area contributed by atoms with Gasteiger partial charge in [0.05, 0.1) is 4.90 Å². The van der Waals surface area contributed by atoms with Crippen molar-refractivity contribution in [3.05, 3.63) is 59.2 Å². The van der Waals surface area contributed by atoms with Gasteiger partial charge in [-0.25, -0.2) is 8.42 Å². The monoisotopic (exact) mass is 358 g/mol. The summed E-state index contributed by atoms with van der Waals surface area (Å²) in [5.41, 5.74) is 2.50. The molecular formula is C19H22N2O3S. The van der Waals surface area contributed by atoms with Gasteiger partial charge in [0.25, 0.3) is 15.9 Å². The number of nitrogens with one attached hydrogen (secondary N) is 2. The normalized spacial score (nSPS) is 14.2. The van der Waals surface area contributed by atoms with Crippen molar-refractivity contribution in [1.82, 2.24) is 5.32 Å². The van der Waals surface area contributed by atoms with Crippen molar-refractivity contribution in [2.45, 2.75) is 31.6 Å². The van der Waals surface area contributed by atoms with E-state index in [1.165, 1.54) is 6.07 Å². The molecule has 2 N–H and O–H groups in total. The lowest BCUT2D eigenvalue weighted by molar-refractivity contribution is 0.0951. The Morgan fingerprint density at radius 3 is 2.40 bits per heavy atom. The molecule has 0 aliphatic heterocycles. The predicted octanol–water partition coefficient (Wildman–Crippen LogP) is 3.24. The van der Waals surface area contributed by atoms with Crippen LogP contribution in [0, 0.1) is 19.8 Å². The highest BCUT2D eigenvalue weighted by atomic mass is 32.2. The molecule has 1 fully saturated rings. The minimum absolute atomic E-state index is 0.118. The quantitative estimate of drug-likeness (QED) is 0.832. The first-order valence-electron chi connectivity index (χ1n) is 8.33. The molecular weight excluding hydrogens is 336 g/mol. The van der Waals surface area contributed by atoms with Crippen molar-refractivity contribution in [1.29, 1.82) is 0 Å². The first-order valence-corrected chi connectivity index (χ1v) is 9.82. The van der Waals surface area contributed by atoms with Gasteiger partial charge < -0.3 is 5.32 Å². The van der Waals surface area contributed by atoms with Crippen LogP contribution in [0.3, 0.4) is 0 Å². The van der Waals surface area contributed by atoms with Gasteiger partial charge in [0, 0.05) is 17.8 Å². The Bertz CT molecular complexity index is 885. The molecule has 1 aliphatic rings. The fourth-order valence-corrected chi connectivity index (χ4v) is 3.85. The molecule has 2 aromatic rings. The van der Waals surface area contributed by atoms with Crippen LogP contribution < -0.4 is 10.0 Å². The number of carbonyl (C=O) groups excluding carboxylic acids is 1. The molecule has 0 bridgehead atoms. The summed E-state index contributed by atoms with van der Waals surface area (Å²) in [6, 6.07) is 11.9. The van der Waals surface area contributed by atoms with Crippen molar-refractivity contribution in [2.75, 3.05) is 11.3 Å². The number of amides is 1. The average molecular weight is 358 g/mol. The van der Waals surface area contributed by atoms with Crippen LogP contribution in [0.25, 0.3) is 0 Å². The standard InChI is InChI=1S/C19H22N2O3S/c1-13-3-9-17(10-4-13)21-25(23,24)18-11-16(8-5-14(18)2)19(22)20-12-15-6-7-15/h3-5,8-11,15,21H,6-7,12H2,1-2H3,(H,20,22). The van der Waals surface area contributed by atoms with Crippen molar-refractivity contribution in [2.24, 2.45) is 5.92 Å². The molecule has 5 nitrogen and oxygen atoms in total. The molecule has 0 radical (unpaired) electrons. The highest BCUT2D eigenvalue weighted by molar-refractivity contribution is 7.92. The molecule has 0 aromatic heterocycles. The number of hydrogen-bond donors (Lipinski definition) is 2. The minimum atomic E-state index is -3.76. The Labute approximate surface area is 148 Å². The predicted molar refractivity (Wildman–Crippen MR) is 98.2 cm³/mol. The summed E-state index contributed by atoms with van der Waals surface area (Å²) in [5.74, 6) is 0.333. The molecule has 132 valence electrons. The smallest absolute Gasteiger partial charge is 0.262 e. The molecule has 0 heterocycles. The zero-order chi connectivity index (χ0) is 18.0. The average Bonchev–Trinajstić information content (AvgIpc) is 3.39. The third-order valence-corrected chi connectivity index (χ3v) is 5.82. The Hall–Kier alpha value is -2.34. The lowest BCUT2D eigenvalue weighted by atomic mass is 10.1. The van der Waals surface area contributed by atoms with Crippen LogP contribution in [0.2, 0.25) is 0 Å². The molecule has 1 amide bonds. The third-order valence-electron chi connectivity index (χ3n) is 4.29. The Balaban J connectivity index is 1.82. The second kappa shape index (κ2) is 6.88. The van der Waals surface area contributed by atoms with E-state index in [-0.39, 0.29) is 10.8 Å². The van der Waals surface area contributed by atoms with Gasteiger partial charge in [-0.15, -0.1) is 0 Å². The van der Waals surface area contributed by atoms with Gasteiger partial charge in [-0.05, 0) is 62.4 Å². The van der Waals surface area contributed by atoms with E-state index < -0.39 is 10.0 Å².